The van der Waals surface area contributed by atoms with Crippen molar-refractivity contribution >= 4 is 23.3 Å². The fourth-order valence-corrected chi connectivity index (χ4v) is 7.33. The summed E-state index contributed by atoms with van der Waals surface area (Å²) in [5, 5.41) is 0. The van der Waals surface area contributed by atoms with E-state index in [9.17, 15) is 9.13 Å². The minimum Gasteiger partial charge on any atom is -0.404 e. The summed E-state index contributed by atoms with van der Waals surface area (Å²) in [6.45, 7) is 0.989. The van der Waals surface area contributed by atoms with Gasteiger partial charge >= 0.3 is 23.3 Å². The first-order valence-corrected chi connectivity index (χ1v) is 17.6. The van der Waals surface area contributed by atoms with Gasteiger partial charge in [-0.05, 0) is 48.5 Å². The number of para-hydroxylation sites is 4. The molecule has 15 heteroatoms. The van der Waals surface area contributed by atoms with E-state index in [0.29, 0.717) is 23.0 Å². The highest BCUT2D eigenvalue weighted by Gasteiger charge is 2.45. The van der Waals surface area contributed by atoms with Crippen LogP contribution in [0.1, 0.15) is 0 Å². The van der Waals surface area contributed by atoms with Crippen LogP contribution in [0.15, 0.2) is 121 Å². The van der Waals surface area contributed by atoms with Crippen molar-refractivity contribution in [1.29, 1.82) is 0 Å². The molecule has 0 aromatic heterocycles. The SMILES string of the molecule is O=P(O)(O)O.O=P(Oc1ccccc1)(Oc1ccccc1)N1CCN(P(=O)(Oc2ccccc2)Oc2ccccc2)CC1. The first kappa shape index (κ1) is 32.5. The Hall–Kier alpha value is -3.43. The monoisotopic (exact) mass is 648 g/mol. The molecule has 1 fully saturated rings. The van der Waals surface area contributed by atoms with Crippen LogP contribution >= 0.6 is 23.3 Å². The van der Waals surface area contributed by atoms with E-state index >= 15 is 0 Å². The second-order valence-corrected chi connectivity index (χ2v) is 13.7. The third-order valence-electron chi connectivity index (χ3n) is 5.78. The zero-order chi connectivity index (χ0) is 30.8. The van der Waals surface area contributed by atoms with Gasteiger partial charge in [0.2, 0.25) is 0 Å². The average Bonchev–Trinajstić information content (AvgIpc) is 2.98. The standard InChI is InChI=1S/C28H28N2O6P2.H3O4P/c31-37(33-25-13-5-1-6-14-25,34-26-15-7-2-8-16-26)29-21-23-30(24-22-29)38(32,35-27-17-9-3-10-18-27)36-28-19-11-4-12-20-28;1-5(2,3)4/h1-20H,21-24H2;(H3,1,2,3,4). The van der Waals surface area contributed by atoms with Gasteiger partial charge in [-0.1, -0.05) is 72.8 Å². The van der Waals surface area contributed by atoms with Gasteiger partial charge in [-0.15, -0.1) is 0 Å². The van der Waals surface area contributed by atoms with Crippen LogP contribution in [0.3, 0.4) is 0 Å². The van der Waals surface area contributed by atoms with Crippen LogP contribution in [0.5, 0.6) is 23.0 Å². The van der Waals surface area contributed by atoms with Crippen LogP contribution in [0, 0.1) is 0 Å². The van der Waals surface area contributed by atoms with Gasteiger partial charge in [-0.3, -0.25) is 0 Å². The Kier molecular flexibility index (Phi) is 11.2. The molecular weight excluding hydrogens is 617 g/mol. The van der Waals surface area contributed by atoms with Crippen molar-refractivity contribution in [3.8, 4) is 23.0 Å². The molecule has 0 aliphatic carbocycles. The van der Waals surface area contributed by atoms with Crippen molar-refractivity contribution < 1.29 is 46.5 Å². The largest absolute Gasteiger partial charge is 0.515 e. The maximum absolute atomic E-state index is 14.2. The molecule has 5 rings (SSSR count). The summed E-state index contributed by atoms with van der Waals surface area (Å²) < 4.78 is 64.4. The molecule has 1 heterocycles. The fraction of sp³-hybridized carbons (Fsp3) is 0.143. The van der Waals surface area contributed by atoms with Gasteiger partial charge in [-0.2, -0.15) is 9.34 Å². The molecular formula is C28H31N2O10P3. The molecule has 1 aliphatic rings. The number of phosphoric acid groups is 1. The maximum atomic E-state index is 14.2. The Labute approximate surface area is 249 Å². The lowest BCUT2D eigenvalue weighted by Gasteiger charge is -2.38. The first-order chi connectivity index (χ1) is 20.5. The topological polar surface area (TPSA) is 155 Å². The highest BCUT2D eigenvalue weighted by Crippen LogP contribution is 2.56. The summed E-state index contributed by atoms with van der Waals surface area (Å²) in [5.41, 5.74) is 0. The molecule has 1 aliphatic heterocycles. The highest BCUT2D eigenvalue weighted by molar-refractivity contribution is 7.52. The molecule has 43 heavy (non-hydrogen) atoms. The Bertz CT molecular complexity index is 1340. The Morgan fingerprint density at radius 2 is 0.605 bits per heavy atom. The molecule has 0 saturated carbocycles. The summed E-state index contributed by atoms with van der Waals surface area (Å²) in [5.74, 6) is 1.72. The average molecular weight is 648 g/mol. The van der Waals surface area contributed by atoms with E-state index in [4.69, 9.17) is 37.3 Å². The third-order valence-corrected chi connectivity index (χ3v) is 9.73. The van der Waals surface area contributed by atoms with Crippen molar-refractivity contribution in [2.75, 3.05) is 26.2 Å². The fourth-order valence-electron chi connectivity index (χ4n) is 3.90. The minimum atomic E-state index is -4.64. The van der Waals surface area contributed by atoms with Gasteiger partial charge in [0.1, 0.15) is 23.0 Å². The molecule has 4 aromatic rings. The lowest BCUT2D eigenvalue weighted by atomic mass is 10.3. The number of nitrogens with zero attached hydrogens (tertiary/aromatic N) is 2. The van der Waals surface area contributed by atoms with Crippen molar-refractivity contribution in [2.24, 2.45) is 0 Å². The van der Waals surface area contributed by atoms with E-state index in [1.54, 1.807) is 106 Å². The van der Waals surface area contributed by atoms with Crippen LogP contribution in [0.25, 0.3) is 0 Å². The summed E-state index contributed by atoms with van der Waals surface area (Å²) in [6.07, 6.45) is 0. The first-order valence-electron chi connectivity index (χ1n) is 13.0. The molecule has 0 atom stereocenters. The van der Waals surface area contributed by atoms with Crippen molar-refractivity contribution in [3.63, 3.8) is 0 Å². The number of rotatable bonds is 10. The lowest BCUT2D eigenvalue weighted by molar-refractivity contribution is 0.194. The number of hydrogen-bond donors (Lipinski definition) is 3. The second kappa shape index (κ2) is 14.8. The maximum Gasteiger partial charge on any atom is 0.515 e. The summed E-state index contributed by atoms with van der Waals surface area (Å²) >= 11 is 0. The normalized spacial score (nSPS) is 14.6. The smallest absolute Gasteiger partial charge is 0.404 e. The molecule has 1 saturated heterocycles. The van der Waals surface area contributed by atoms with Crippen molar-refractivity contribution in [3.05, 3.63) is 121 Å². The minimum absolute atomic E-state index is 0.247. The van der Waals surface area contributed by atoms with E-state index in [0.717, 1.165) is 0 Å². The molecule has 0 amide bonds. The predicted octanol–water partition coefficient (Wildman–Crippen LogP) is 6.21. The van der Waals surface area contributed by atoms with Gasteiger partial charge < -0.3 is 32.8 Å². The lowest BCUT2D eigenvalue weighted by Crippen LogP contribution is -2.45. The molecule has 0 bridgehead atoms. The molecule has 0 radical (unpaired) electrons. The van der Waals surface area contributed by atoms with Crippen LogP contribution in [0.2, 0.25) is 0 Å². The molecule has 0 spiro atoms. The van der Waals surface area contributed by atoms with Gasteiger partial charge in [0, 0.05) is 26.2 Å². The molecule has 0 unspecified atom stereocenters. The Morgan fingerprint density at radius 3 is 0.791 bits per heavy atom. The third kappa shape index (κ3) is 10.4. The Morgan fingerprint density at radius 1 is 0.419 bits per heavy atom. The quantitative estimate of drug-likeness (QED) is 0.168. The van der Waals surface area contributed by atoms with Crippen LogP contribution < -0.4 is 18.1 Å². The van der Waals surface area contributed by atoms with Crippen LogP contribution in [-0.4, -0.2) is 50.2 Å². The summed E-state index contributed by atoms with van der Waals surface area (Å²) in [4.78, 5) is 21.6. The van der Waals surface area contributed by atoms with Crippen molar-refractivity contribution in [2.45, 2.75) is 0 Å². The van der Waals surface area contributed by atoms with Gasteiger partial charge in [0.15, 0.2) is 0 Å². The van der Waals surface area contributed by atoms with Gasteiger partial charge in [0.25, 0.3) is 0 Å². The number of hydrogen-bond acceptors (Lipinski definition) is 7. The van der Waals surface area contributed by atoms with Crippen LogP contribution in [0.4, 0.5) is 0 Å². The Balaban J connectivity index is 0.000000782. The van der Waals surface area contributed by atoms with E-state index in [1.165, 1.54) is 0 Å². The molecule has 12 nitrogen and oxygen atoms in total. The summed E-state index contributed by atoms with van der Waals surface area (Å²) in [6, 6.07) is 35.7. The zero-order valence-electron chi connectivity index (χ0n) is 22.8. The van der Waals surface area contributed by atoms with E-state index in [1.807, 2.05) is 24.3 Å². The van der Waals surface area contributed by atoms with E-state index in [2.05, 4.69) is 0 Å². The predicted molar refractivity (Wildman–Crippen MR) is 161 cm³/mol. The summed E-state index contributed by atoms with van der Waals surface area (Å²) in [7, 11) is -12.3. The number of benzene rings is 4. The van der Waals surface area contributed by atoms with Crippen LogP contribution in [-0.2, 0) is 13.7 Å². The number of piperazine rings is 1. The molecule has 4 aromatic carbocycles. The highest BCUT2D eigenvalue weighted by atomic mass is 31.2. The second-order valence-electron chi connectivity index (χ2n) is 8.98. The molecule has 228 valence electrons. The molecule has 3 N–H and O–H groups in total. The van der Waals surface area contributed by atoms with Gasteiger partial charge in [0.05, 0.1) is 0 Å². The zero-order valence-corrected chi connectivity index (χ0v) is 25.5. The van der Waals surface area contributed by atoms with E-state index < -0.39 is 23.3 Å². The van der Waals surface area contributed by atoms with Crippen molar-refractivity contribution in [1.82, 2.24) is 9.34 Å². The van der Waals surface area contributed by atoms with E-state index in [-0.39, 0.29) is 26.2 Å². The van der Waals surface area contributed by atoms with Gasteiger partial charge in [-0.25, -0.2) is 13.7 Å².